The normalized spacial score (nSPS) is 18.0. The number of thioether (sulfide) groups is 1. The Morgan fingerprint density at radius 2 is 1.90 bits per heavy atom. The smallest absolute Gasteiger partial charge is 0.150 e. The SMILES string of the molecule is COc1c(Cl)cccc1SCCCN1CCN(c2cc(Cl)cc3c2OCC3(C)C)CC1. The van der Waals surface area contributed by atoms with Crippen molar-refractivity contribution in [3.05, 3.63) is 45.9 Å². The molecule has 2 aliphatic heterocycles. The highest BCUT2D eigenvalue weighted by atomic mass is 35.5. The van der Waals surface area contributed by atoms with E-state index >= 15 is 0 Å². The molecule has 4 rings (SSSR count). The Labute approximate surface area is 199 Å². The van der Waals surface area contributed by atoms with E-state index in [1.165, 1.54) is 5.56 Å². The van der Waals surface area contributed by atoms with Gasteiger partial charge in [-0.1, -0.05) is 43.1 Å². The minimum absolute atomic E-state index is 0.0140. The number of hydrogen-bond donors (Lipinski definition) is 0. The number of benzene rings is 2. The van der Waals surface area contributed by atoms with Gasteiger partial charge in [0.25, 0.3) is 0 Å². The lowest BCUT2D eigenvalue weighted by atomic mass is 9.86. The number of hydrogen-bond acceptors (Lipinski definition) is 5. The van der Waals surface area contributed by atoms with Crippen LogP contribution in [-0.2, 0) is 5.41 Å². The van der Waals surface area contributed by atoms with Crippen molar-refractivity contribution in [2.24, 2.45) is 0 Å². The first kappa shape index (κ1) is 22.9. The van der Waals surface area contributed by atoms with Crippen LogP contribution in [0.2, 0.25) is 10.0 Å². The number of nitrogens with zero attached hydrogens (tertiary/aromatic N) is 2. The second-order valence-electron chi connectivity index (χ2n) is 8.78. The van der Waals surface area contributed by atoms with Crippen molar-refractivity contribution >= 4 is 40.7 Å². The molecule has 0 spiro atoms. The maximum atomic E-state index is 6.46. The topological polar surface area (TPSA) is 24.9 Å². The van der Waals surface area contributed by atoms with Gasteiger partial charge >= 0.3 is 0 Å². The van der Waals surface area contributed by atoms with Gasteiger partial charge in [-0.05, 0) is 43.0 Å². The molecule has 2 aromatic rings. The quantitative estimate of drug-likeness (QED) is 0.358. The van der Waals surface area contributed by atoms with Gasteiger partial charge in [0.1, 0.15) is 5.75 Å². The second kappa shape index (κ2) is 9.70. The van der Waals surface area contributed by atoms with Gasteiger partial charge in [0.15, 0.2) is 5.75 Å². The molecular weight excluding hydrogens is 451 g/mol. The second-order valence-corrected chi connectivity index (χ2v) is 10.8. The van der Waals surface area contributed by atoms with E-state index in [2.05, 4.69) is 41.8 Å². The molecule has 0 radical (unpaired) electrons. The van der Waals surface area contributed by atoms with E-state index < -0.39 is 0 Å². The van der Waals surface area contributed by atoms with Crippen LogP contribution in [0.25, 0.3) is 0 Å². The summed E-state index contributed by atoms with van der Waals surface area (Å²) >= 11 is 14.5. The van der Waals surface area contributed by atoms with Gasteiger partial charge in [-0.3, -0.25) is 4.90 Å². The molecule has 168 valence electrons. The first-order valence-electron chi connectivity index (χ1n) is 10.8. The van der Waals surface area contributed by atoms with Crippen LogP contribution in [0.3, 0.4) is 0 Å². The maximum Gasteiger partial charge on any atom is 0.150 e. The largest absolute Gasteiger partial charge is 0.494 e. The molecule has 4 nitrogen and oxygen atoms in total. The van der Waals surface area contributed by atoms with Crippen LogP contribution >= 0.6 is 35.0 Å². The number of rotatable bonds is 7. The molecule has 0 bridgehead atoms. The van der Waals surface area contributed by atoms with E-state index in [0.29, 0.717) is 11.6 Å². The minimum atomic E-state index is 0.0140. The summed E-state index contributed by atoms with van der Waals surface area (Å²) in [5.74, 6) is 2.85. The van der Waals surface area contributed by atoms with E-state index in [4.69, 9.17) is 32.7 Å². The van der Waals surface area contributed by atoms with Crippen molar-refractivity contribution in [1.82, 2.24) is 4.90 Å². The Morgan fingerprint density at radius 1 is 1.13 bits per heavy atom. The average Bonchev–Trinajstić information content (AvgIpc) is 3.06. The summed E-state index contributed by atoms with van der Waals surface area (Å²) in [7, 11) is 1.67. The van der Waals surface area contributed by atoms with E-state index in [-0.39, 0.29) is 5.41 Å². The monoisotopic (exact) mass is 480 g/mol. The van der Waals surface area contributed by atoms with Gasteiger partial charge in [0.2, 0.25) is 0 Å². The summed E-state index contributed by atoms with van der Waals surface area (Å²) in [6, 6.07) is 10.0. The zero-order chi connectivity index (χ0) is 22.0. The summed E-state index contributed by atoms with van der Waals surface area (Å²) in [5.41, 5.74) is 2.39. The number of ether oxygens (including phenoxy) is 2. The lowest BCUT2D eigenvalue weighted by Crippen LogP contribution is -2.46. The third kappa shape index (κ3) is 5.05. The lowest BCUT2D eigenvalue weighted by Gasteiger charge is -2.36. The van der Waals surface area contributed by atoms with E-state index in [0.717, 1.165) is 72.0 Å². The molecule has 7 heteroatoms. The number of anilines is 1. The first-order chi connectivity index (χ1) is 14.9. The number of methoxy groups -OCH3 is 1. The van der Waals surface area contributed by atoms with Crippen molar-refractivity contribution in [2.75, 3.05) is 57.1 Å². The van der Waals surface area contributed by atoms with Gasteiger partial charge in [-0.2, -0.15) is 0 Å². The van der Waals surface area contributed by atoms with Crippen molar-refractivity contribution in [2.45, 2.75) is 30.6 Å². The molecule has 0 saturated carbocycles. The maximum absolute atomic E-state index is 6.46. The fourth-order valence-electron chi connectivity index (χ4n) is 4.28. The highest BCUT2D eigenvalue weighted by molar-refractivity contribution is 7.99. The summed E-state index contributed by atoms with van der Waals surface area (Å²) in [6.45, 7) is 10.3. The highest BCUT2D eigenvalue weighted by Crippen LogP contribution is 2.46. The van der Waals surface area contributed by atoms with Crippen molar-refractivity contribution < 1.29 is 9.47 Å². The molecule has 1 fully saturated rings. The van der Waals surface area contributed by atoms with Gasteiger partial charge in [0, 0.05) is 42.2 Å². The van der Waals surface area contributed by atoms with Crippen LogP contribution < -0.4 is 14.4 Å². The summed E-state index contributed by atoms with van der Waals surface area (Å²) in [6.07, 6.45) is 1.13. The predicted molar refractivity (Wildman–Crippen MR) is 132 cm³/mol. The molecule has 2 aliphatic rings. The van der Waals surface area contributed by atoms with E-state index in [1.54, 1.807) is 7.11 Å². The zero-order valence-electron chi connectivity index (χ0n) is 18.4. The van der Waals surface area contributed by atoms with Gasteiger partial charge < -0.3 is 14.4 Å². The molecule has 0 aliphatic carbocycles. The molecule has 0 amide bonds. The average molecular weight is 481 g/mol. The molecule has 0 unspecified atom stereocenters. The van der Waals surface area contributed by atoms with Crippen LogP contribution in [0.5, 0.6) is 11.5 Å². The molecule has 1 saturated heterocycles. The fraction of sp³-hybridized carbons (Fsp3) is 0.500. The van der Waals surface area contributed by atoms with Crippen LogP contribution in [0.15, 0.2) is 35.2 Å². The zero-order valence-corrected chi connectivity index (χ0v) is 20.7. The molecule has 31 heavy (non-hydrogen) atoms. The Bertz CT molecular complexity index is 930. The van der Waals surface area contributed by atoms with Crippen molar-refractivity contribution in [3.8, 4) is 11.5 Å². The summed E-state index contributed by atoms with van der Waals surface area (Å²) in [4.78, 5) is 6.08. The molecule has 0 aromatic heterocycles. The third-order valence-corrected chi connectivity index (χ3v) is 7.71. The number of piperazine rings is 1. The predicted octanol–water partition coefficient (Wildman–Crippen LogP) is 5.98. The van der Waals surface area contributed by atoms with Gasteiger partial charge in [-0.25, -0.2) is 0 Å². The van der Waals surface area contributed by atoms with Crippen molar-refractivity contribution in [3.63, 3.8) is 0 Å². The first-order valence-corrected chi connectivity index (χ1v) is 12.5. The van der Waals surface area contributed by atoms with E-state index in [1.807, 2.05) is 23.9 Å². The van der Waals surface area contributed by atoms with Crippen LogP contribution in [0.1, 0.15) is 25.8 Å². The minimum Gasteiger partial charge on any atom is -0.494 e. The summed E-state index contributed by atoms with van der Waals surface area (Å²) in [5, 5.41) is 1.46. The van der Waals surface area contributed by atoms with Gasteiger partial charge in [-0.15, -0.1) is 11.8 Å². The number of fused-ring (bicyclic) bond motifs is 1. The van der Waals surface area contributed by atoms with Crippen LogP contribution in [0.4, 0.5) is 5.69 Å². The number of para-hydroxylation sites is 1. The Hall–Kier alpha value is -1.27. The molecule has 2 heterocycles. The number of halogens is 2. The highest BCUT2D eigenvalue weighted by Gasteiger charge is 2.35. The Balaban J connectivity index is 1.28. The van der Waals surface area contributed by atoms with E-state index in [9.17, 15) is 0 Å². The lowest BCUT2D eigenvalue weighted by molar-refractivity contribution is 0.257. The molecule has 2 aromatic carbocycles. The molecule has 0 N–H and O–H groups in total. The third-order valence-electron chi connectivity index (χ3n) is 6.06. The Kier molecular flexibility index (Phi) is 7.17. The Morgan fingerprint density at radius 3 is 2.65 bits per heavy atom. The van der Waals surface area contributed by atoms with Crippen LogP contribution in [0, 0.1) is 0 Å². The van der Waals surface area contributed by atoms with Crippen LogP contribution in [-0.4, -0.2) is 57.1 Å². The molecular formula is C24H30Cl2N2O2S. The fourth-order valence-corrected chi connectivity index (χ4v) is 5.80. The van der Waals surface area contributed by atoms with Gasteiger partial charge in [0.05, 0.1) is 29.3 Å². The molecule has 0 atom stereocenters. The summed E-state index contributed by atoms with van der Waals surface area (Å²) < 4.78 is 11.5. The van der Waals surface area contributed by atoms with Crippen molar-refractivity contribution in [1.29, 1.82) is 0 Å². The standard InChI is InChI=1S/C24H30Cl2N2O2S/c1-24(2)16-30-22-18(24)14-17(25)15-20(22)28-11-9-27(10-12-28)8-5-13-31-21-7-4-6-19(26)23(21)29-3/h4,6-7,14-15H,5,8-13,16H2,1-3H3.